The summed E-state index contributed by atoms with van der Waals surface area (Å²) in [5.74, 6) is 0.451. The standard InChI is InChI=1S/C17H17N3O2/c1-12-4-3-5-15(10-12)16-19-22-13(2)17(21)20(16)11-14-6-8-18-9-7-14/h3-10,13H,11H2,1-2H3. The summed E-state index contributed by atoms with van der Waals surface area (Å²) in [7, 11) is 0. The number of benzene rings is 1. The van der Waals surface area contributed by atoms with Crippen LogP contribution in [0.4, 0.5) is 0 Å². The topological polar surface area (TPSA) is 54.8 Å². The summed E-state index contributed by atoms with van der Waals surface area (Å²) in [6, 6.07) is 11.7. The lowest BCUT2D eigenvalue weighted by Crippen LogP contribution is -2.46. The van der Waals surface area contributed by atoms with Gasteiger partial charge in [-0.15, -0.1) is 0 Å². The second kappa shape index (κ2) is 5.97. The molecule has 1 aromatic heterocycles. The quantitative estimate of drug-likeness (QED) is 0.874. The third-order valence-corrected chi connectivity index (χ3v) is 3.53. The normalized spacial score (nSPS) is 17.9. The first kappa shape index (κ1) is 14.3. The molecule has 1 amide bonds. The predicted molar refractivity (Wildman–Crippen MR) is 83.1 cm³/mol. The maximum absolute atomic E-state index is 12.5. The molecule has 3 rings (SSSR count). The summed E-state index contributed by atoms with van der Waals surface area (Å²) >= 11 is 0. The molecule has 1 aliphatic heterocycles. The number of amidine groups is 1. The summed E-state index contributed by atoms with van der Waals surface area (Å²) in [5.41, 5.74) is 2.97. The van der Waals surface area contributed by atoms with Gasteiger partial charge in [-0.2, -0.15) is 0 Å². The van der Waals surface area contributed by atoms with Gasteiger partial charge in [0.1, 0.15) is 0 Å². The van der Waals surface area contributed by atoms with Gasteiger partial charge in [0.15, 0.2) is 5.84 Å². The minimum absolute atomic E-state index is 0.0941. The van der Waals surface area contributed by atoms with E-state index >= 15 is 0 Å². The highest BCUT2D eigenvalue weighted by Gasteiger charge is 2.31. The maximum atomic E-state index is 12.5. The summed E-state index contributed by atoms with van der Waals surface area (Å²) in [6.45, 7) is 4.16. The van der Waals surface area contributed by atoms with Crippen LogP contribution in [0.3, 0.4) is 0 Å². The Hall–Kier alpha value is -2.69. The van der Waals surface area contributed by atoms with Crippen molar-refractivity contribution in [3.63, 3.8) is 0 Å². The molecule has 1 atom stereocenters. The van der Waals surface area contributed by atoms with E-state index in [-0.39, 0.29) is 5.91 Å². The molecule has 22 heavy (non-hydrogen) atoms. The first-order chi connectivity index (χ1) is 10.6. The van der Waals surface area contributed by atoms with E-state index in [4.69, 9.17) is 4.84 Å². The number of aryl methyl sites for hydroxylation is 1. The predicted octanol–water partition coefficient (Wildman–Crippen LogP) is 2.50. The largest absolute Gasteiger partial charge is 0.381 e. The summed E-state index contributed by atoms with van der Waals surface area (Å²) in [6.07, 6.45) is 2.86. The van der Waals surface area contributed by atoms with Crippen LogP contribution in [-0.4, -0.2) is 27.7 Å². The van der Waals surface area contributed by atoms with Gasteiger partial charge < -0.3 is 4.84 Å². The van der Waals surface area contributed by atoms with Gasteiger partial charge in [-0.25, -0.2) is 0 Å². The Bertz CT molecular complexity index is 713. The van der Waals surface area contributed by atoms with Crippen LogP contribution in [-0.2, 0) is 16.2 Å². The molecule has 1 aliphatic rings. The fraction of sp³-hybridized carbons (Fsp3) is 0.235. The molecule has 2 aromatic rings. The molecular weight excluding hydrogens is 278 g/mol. The number of carbonyl (C=O) groups is 1. The van der Waals surface area contributed by atoms with Gasteiger partial charge in [0, 0.05) is 18.0 Å². The van der Waals surface area contributed by atoms with Crippen LogP contribution in [0.25, 0.3) is 0 Å². The lowest BCUT2D eigenvalue weighted by Gasteiger charge is -2.30. The highest BCUT2D eigenvalue weighted by Crippen LogP contribution is 2.18. The monoisotopic (exact) mass is 295 g/mol. The second-order valence-electron chi connectivity index (χ2n) is 5.31. The molecule has 0 N–H and O–H groups in total. The molecule has 5 heteroatoms. The number of amides is 1. The van der Waals surface area contributed by atoms with Crippen molar-refractivity contribution in [3.05, 3.63) is 65.5 Å². The fourth-order valence-corrected chi connectivity index (χ4v) is 2.36. The third-order valence-electron chi connectivity index (χ3n) is 3.53. The van der Waals surface area contributed by atoms with Gasteiger partial charge in [-0.05, 0) is 37.6 Å². The molecular formula is C17H17N3O2. The van der Waals surface area contributed by atoms with Crippen molar-refractivity contribution < 1.29 is 9.63 Å². The number of rotatable bonds is 3. The molecule has 1 aromatic carbocycles. The average Bonchev–Trinajstić information content (AvgIpc) is 2.53. The number of hydrogen-bond acceptors (Lipinski definition) is 4. The third kappa shape index (κ3) is 2.83. The molecule has 112 valence electrons. The van der Waals surface area contributed by atoms with E-state index in [2.05, 4.69) is 10.1 Å². The maximum Gasteiger partial charge on any atom is 0.272 e. The Morgan fingerprint density at radius 2 is 2.00 bits per heavy atom. The lowest BCUT2D eigenvalue weighted by molar-refractivity contribution is -0.142. The summed E-state index contributed by atoms with van der Waals surface area (Å²) < 4.78 is 0. The van der Waals surface area contributed by atoms with Crippen molar-refractivity contribution >= 4 is 11.7 Å². The molecule has 2 heterocycles. The minimum Gasteiger partial charge on any atom is -0.381 e. The molecule has 0 spiro atoms. The van der Waals surface area contributed by atoms with Gasteiger partial charge >= 0.3 is 0 Å². The molecule has 0 bridgehead atoms. The van der Waals surface area contributed by atoms with Gasteiger partial charge in [0.25, 0.3) is 5.91 Å². The van der Waals surface area contributed by atoms with E-state index in [0.29, 0.717) is 12.4 Å². The van der Waals surface area contributed by atoms with Crippen LogP contribution < -0.4 is 0 Å². The molecule has 5 nitrogen and oxygen atoms in total. The molecule has 0 saturated carbocycles. The zero-order valence-electron chi connectivity index (χ0n) is 12.6. The fourth-order valence-electron chi connectivity index (χ4n) is 2.36. The molecule has 0 radical (unpaired) electrons. The number of aromatic nitrogens is 1. The van der Waals surface area contributed by atoms with E-state index in [1.807, 2.05) is 43.3 Å². The van der Waals surface area contributed by atoms with Crippen LogP contribution in [0.5, 0.6) is 0 Å². The minimum atomic E-state index is -0.574. The van der Waals surface area contributed by atoms with Gasteiger partial charge in [0.2, 0.25) is 6.10 Å². The van der Waals surface area contributed by atoms with Crippen LogP contribution in [0.1, 0.15) is 23.6 Å². The number of nitrogens with zero attached hydrogens (tertiary/aromatic N) is 3. The van der Waals surface area contributed by atoms with Crippen molar-refractivity contribution in [2.75, 3.05) is 0 Å². The number of pyridine rings is 1. The first-order valence-corrected chi connectivity index (χ1v) is 7.16. The van der Waals surface area contributed by atoms with E-state index in [1.165, 1.54) is 0 Å². The molecule has 0 fully saturated rings. The highest BCUT2D eigenvalue weighted by molar-refractivity contribution is 6.09. The SMILES string of the molecule is Cc1cccc(C2=NOC(C)C(=O)N2Cc2ccncc2)c1. The molecule has 1 unspecified atom stereocenters. The van der Waals surface area contributed by atoms with Crippen molar-refractivity contribution in [1.82, 2.24) is 9.88 Å². The Morgan fingerprint density at radius 3 is 2.73 bits per heavy atom. The van der Waals surface area contributed by atoms with E-state index in [0.717, 1.165) is 16.7 Å². The number of carbonyl (C=O) groups excluding carboxylic acids is 1. The molecule has 0 aliphatic carbocycles. The van der Waals surface area contributed by atoms with Crippen molar-refractivity contribution in [3.8, 4) is 0 Å². The van der Waals surface area contributed by atoms with Crippen LogP contribution >= 0.6 is 0 Å². The summed E-state index contributed by atoms with van der Waals surface area (Å²) in [4.78, 5) is 23.4. The van der Waals surface area contributed by atoms with Crippen LogP contribution in [0, 0.1) is 6.92 Å². The van der Waals surface area contributed by atoms with Crippen LogP contribution in [0.2, 0.25) is 0 Å². The number of hydrogen-bond donors (Lipinski definition) is 0. The zero-order valence-corrected chi connectivity index (χ0v) is 12.6. The lowest BCUT2D eigenvalue weighted by atomic mass is 10.1. The number of oxime groups is 1. The Balaban J connectivity index is 1.97. The Labute approximate surface area is 129 Å². The van der Waals surface area contributed by atoms with E-state index in [9.17, 15) is 4.79 Å². The smallest absolute Gasteiger partial charge is 0.272 e. The summed E-state index contributed by atoms with van der Waals surface area (Å²) in [5, 5.41) is 4.16. The van der Waals surface area contributed by atoms with Crippen molar-refractivity contribution in [1.29, 1.82) is 0 Å². The molecule has 0 saturated heterocycles. The first-order valence-electron chi connectivity index (χ1n) is 7.16. The average molecular weight is 295 g/mol. The van der Waals surface area contributed by atoms with E-state index < -0.39 is 6.10 Å². The highest BCUT2D eigenvalue weighted by atomic mass is 16.6. The van der Waals surface area contributed by atoms with Crippen molar-refractivity contribution in [2.24, 2.45) is 5.16 Å². The zero-order chi connectivity index (χ0) is 15.5. The van der Waals surface area contributed by atoms with Crippen molar-refractivity contribution in [2.45, 2.75) is 26.5 Å². The van der Waals surface area contributed by atoms with Gasteiger partial charge in [0.05, 0.1) is 6.54 Å². The Morgan fingerprint density at radius 1 is 1.23 bits per heavy atom. The van der Waals surface area contributed by atoms with E-state index in [1.54, 1.807) is 24.2 Å². The van der Waals surface area contributed by atoms with Gasteiger partial charge in [-0.3, -0.25) is 14.7 Å². The van der Waals surface area contributed by atoms with Gasteiger partial charge in [-0.1, -0.05) is 28.9 Å². The van der Waals surface area contributed by atoms with Crippen LogP contribution in [0.15, 0.2) is 53.9 Å². The Kier molecular flexibility index (Phi) is 3.87. The second-order valence-corrected chi connectivity index (χ2v) is 5.31.